The molecule has 1 N–H and O–H groups in total. The van der Waals surface area contributed by atoms with Crippen molar-refractivity contribution < 1.29 is 0 Å². The van der Waals surface area contributed by atoms with Gasteiger partial charge in [-0.25, -0.2) is 0 Å². The molecule has 8 heavy (non-hydrogen) atoms. The van der Waals surface area contributed by atoms with Gasteiger partial charge in [-0.1, -0.05) is 12.2 Å². The SMILES string of the molecule is C1=CC=CNC=C1.[N]. The topological polar surface area (TPSA) is 42.5 Å². The second kappa shape index (κ2) is 4.15. The molecule has 0 aromatic carbocycles. The average molecular weight is 107 g/mol. The van der Waals surface area contributed by atoms with Crippen LogP contribution in [0.25, 0.3) is 0 Å². The highest BCUT2D eigenvalue weighted by atomic mass is 14.8. The van der Waals surface area contributed by atoms with E-state index in [4.69, 9.17) is 0 Å². The van der Waals surface area contributed by atoms with Crippen LogP contribution < -0.4 is 11.5 Å². The van der Waals surface area contributed by atoms with Crippen LogP contribution in [-0.4, -0.2) is 0 Å². The Bertz CT molecular complexity index is 108. The van der Waals surface area contributed by atoms with Crippen molar-refractivity contribution in [2.75, 3.05) is 0 Å². The van der Waals surface area contributed by atoms with Gasteiger partial charge in [-0.15, -0.1) is 0 Å². The zero-order valence-electron chi connectivity index (χ0n) is 4.41. The monoisotopic (exact) mass is 107 g/mol. The number of nitrogens with one attached hydrogen (secondary N) is 1. The van der Waals surface area contributed by atoms with Crippen LogP contribution >= 0.6 is 0 Å². The summed E-state index contributed by atoms with van der Waals surface area (Å²) in [6, 6.07) is 0. The summed E-state index contributed by atoms with van der Waals surface area (Å²) >= 11 is 0. The summed E-state index contributed by atoms with van der Waals surface area (Å²) < 4.78 is 0. The van der Waals surface area contributed by atoms with E-state index < -0.39 is 0 Å². The maximum absolute atomic E-state index is 2.92. The second-order valence-corrected chi connectivity index (χ2v) is 1.27. The van der Waals surface area contributed by atoms with E-state index in [2.05, 4.69) is 5.32 Å². The summed E-state index contributed by atoms with van der Waals surface area (Å²) in [5, 5.41) is 2.92. The number of hydrogen-bond donors (Lipinski definition) is 1. The predicted octanol–water partition coefficient (Wildman–Crippen LogP) is 0.693. The van der Waals surface area contributed by atoms with Crippen LogP contribution in [0.15, 0.2) is 36.7 Å². The molecule has 0 unspecified atom stereocenters. The van der Waals surface area contributed by atoms with Gasteiger partial charge in [0.25, 0.3) is 0 Å². The van der Waals surface area contributed by atoms with Gasteiger partial charge >= 0.3 is 0 Å². The first kappa shape index (κ1) is 6.98. The summed E-state index contributed by atoms with van der Waals surface area (Å²) in [4.78, 5) is 0. The van der Waals surface area contributed by atoms with Crippen molar-refractivity contribution in [3.8, 4) is 0 Å². The van der Waals surface area contributed by atoms with Crippen molar-refractivity contribution in [2.24, 2.45) is 0 Å². The molecule has 0 aliphatic carbocycles. The number of rotatable bonds is 0. The molecule has 3 radical (unpaired) electrons. The molecule has 2 nitrogen and oxygen atoms in total. The summed E-state index contributed by atoms with van der Waals surface area (Å²) in [7, 11) is 0. The van der Waals surface area contributed by atoms with Crippen molar-refractivity contribution in [3.63, 3.8) is 0 Å². The van der Waals surface area contributed by atoms with Crippen molar-refractivity contribution in [2.45, 2.75) is 0 Å². The van der Waals surface area contributed by atoms with Crippen molar-refractivity contribution in [1.82, 2.24) is 11.5 Å². The quantitative estimate of drug-likeness (QED) is 0.486. The molecule has 0 fully saturated rings. The summed E-state index contributed by atoms with van der Waals surface area (Å²) in [5.41, 5.74) is 0. The normalized spacial score (nSPS) is 14.0. The molecule has 1 aliphatic rings. The smallest absolute Gasteiger partial charge is 0.000442 e. The lowest BCUT2D eigenvalue weighted by molar-refractivity contribution is 1.20. The molecule has 0 amide bonds. The van der Waals surface area contributed by atoms with E-state index in [-0.39, 0.29) is 6.15 Å². The summed E-state index contributed by atoms with van der Waals surface area (Å²) in [6.45, 7) is 0. The highest BCUT2D eigenvalue weighted by Gasteiger charge is 1.67. The maximum Gasteiger partial charge on any atom is 0.000442 e. The Labute approximate surface area is 49.2 Å². The first-order valence-corrected chi connectivity index (χ1v) is 2.24. The Hall–Kier alpha value is -1.02. The number of nitrogens with zero attached hydrogens (tertiary/aromatic N) is 1. The lowest BCUT2D eigenvalue weighted by Crippen LogP contribution is -1.87. The molecular formula is C6H7N2. The fraction of sp³-hybridized carbons (Fsp3) is 0. The zero-order chi connectivity index (χ0) is 4.95. The van der Waals surface area contributed by atoms with E-state index in [1.807, 2.05) is 36.7 Å². The van der Waals surface area contributed by atoms with Crippen molar-refractivity contribution in [3.05, 3.63) is 36.7 Å². The van der Waals surface area contributed by atoms with Crippen LogP contribution in [0, 0.1) is 0 Å². The molecule has 0 atom stereocenters. The molecule has 1 rings (SSSR count). The molecule has 0 aromatic heterocycles. The molecule has 1 aliphatic heterocycles. The van der Waals surface area contributed by atoms with Gasteiger partial charge in [0.15, 0.2) is 0 Å². The summed E-state index contributed by atoms with van der Waals surface area (Å²) in [6.07, 6.45) is 11.6. The fourth-order valence-electron chi connectivity index (χ4n) is 0.406. The van der Waals surface area contributed by atoms with E-state index in [1.54, 1.807) is 0 Å². The largest absolute Gasteiger partial charge is 0.368 e. The van der Waals surface area contributed by atoms with Gasteiger partial charge in [0.05, 0.1) is 0 Å². The molecule has 0 saturated carbocycles. The van der Waals surface area contributed by atoms with Gasteiger partial charge < -0.3 is 5.32 Å². The van der Waals surface area contributed by atoms with E-state index in [1.165, 1.54) is 0 Å². The Morgan fingerprint density at radius 3 is 1.75 bits per heavy atom. The van der Waals surface area contributed by atoms with Gasteiger partial charge in [-0.05, 0) is 12.2 Å². The Kier molecular flexibility index (Phi) is 3.62. The number of allylic oxidation sites excluding steroid dienone is 4. The standard InChI is InChI=1S/C6H7N.N/c1-2-4-6-7-5-3-1;/h1-7H;. The first-order chi connectivity index (χ1) is 3.50. The minimum Gasteiger partial charge on any atom is -0.368 e. The Balaban J connectivity index is 0.000000490. The average Bonchev–Trinajstić information content (AvgIpc) is 1.90. The highest BCUT2D eigenvalue weighted by molar-refractivity contribution is 5.14. The molecule has 41 valence electrons. The third kappa shape index (κ3) is 2.21. The van der Waals surface area contributed by atoms with Crippen molar-refractivity contribution in [1.29, 1.82) is 0 Å². The van der Waals surface area contributed by atoms with E-state index in [9.17, 15) is 0 Å². The Morgan fingerprint density at radius 2 is 1.25 bits per heavy atom. The molecule has 0 bridgehead atoms. The lowest BCUT2D eigenvalue weighted by atomic mass is 10.5. The number of hydrogen-bond acceptors (Lipinski definition) is 1. The van der Waals surface area contributed by atoms with Crippen LogP contribution in [-0.2, 0) is 0 Å². The zero-order valence-corrected chi connectivity index (χ0v) is 4.41. The molecule has 2 heteroatoms. The van der Waals surface area contributed by atoms with Crippen LogP contribution in [0.3, 0.4) is 0 Å². The van der Waals surface area contributed by atoms with Gasteiger partial charge in [-0.3, -0.25) is 0 Å². The van der Waals surface area contributed by atoms with E-state index >= 15 is 0 Å². The third-order valence-corrected chi connectivity index (χ3v) is 0.718. The van der Waals surface area contributed by atoms with Gasteiger partial charge in [0, 0.05) is 18.6 Å². The minimum absolute atomic E-state index is 0. The van der Waals surface area contributed by atoms with Gasteiger partial charge in [0.1, 0.15) is 0 Å². The third-order valence-electron chi connectivity index (χ3n) is 0.718. The fourth-order valence-corrected chi connectivity index (χ4v) is 0.406. The maximum atomic E-state index is 2.92. The van der Waals surface area contributed by atoms with Crippen LogP contribution in [0.5, 0.6) is 0 Å². The first-order valence-electron chi connectivity index (χ1n) is 2.24. The van der Waals surface area contributed by atoms with Gasteiger partial charge in [-0.2, -0.15) is 0 Å². The Morgan fingerprint density at radius 1 is 0.750 bits per heavy atom. The van der Waals surface area contributed by atoms with Crippen molar-refractivity contribution >= 4 is 0 Å². The summed E-state index contributed by atoms with van der Waals surface area (Å²) in [5.74, 6) is 0. The molecule has 1 heterocycles. The molecule has 0 saturated heterocycles. The molecule has 0 spiro atoms. The lowest BCUT2D eigenvalue weighted by Gasteiger charge is -1.79. The second-order valence-electron chi connectivity index (χ2n) is 1.27. The van der Waals surface area contributed by atoms with E-state index in [0.29, 0.717) is 0 Å². The van der Waals surface area contributed by atoms with Crippen LogP contribution in [0.2, 0.25) is 0 Å². The van der Waals surface area contributed by atoms with Crippen LogP contribution in [0.4, 0.5) is 0 Å². The minimum atomic E-state index is 0. The molecular weight excluding hydrogens is 100 g/mol. The highest BCUT2D eigenvalue weighted by Crippen LogP contribution is 1.81. The predicted molar refractivity (Wildman–Crippen MR) is 32.7 cm³/mol. The van der Waals surface area contributed by atoms with Gasteiger partial charge in [0.2, 0.25) is 0 Å². The van der Waals surface area contributed by atoms with E-state index in [0.717, 1.165) is 0 Å². The van der Waals surface area contributed by atoms with Crippen LogP contribution in [0.1, 0.15) is 0 Å². The molecule has 0 aromatic rings.